The molecule has 0 amide bonds. The monoisotopic (exact) mass is 207 g/mol. The summed E-state index contributed by atoms with van der Waals surface area (Å²) in [6, 6.07) is 2.59. The van der Waals surface area contributed by atoms with Crippen LogP contribution in [-0.2, 0) is 6.54 Å². The predicted octanol–water partition coefficient (Wildman–Crippen LogP) is 1.51. The number of nitrogens with zero attached hydrogens (tertiary/aromatic N) is 1. The number of aromatic nitrogens is 1. The summed E-state index contributed by atoms with van der Waals surface area (Å²) in [4.78, 5) is 22.0. The highest BCUT2D eigenvalue weighted by Crippen LogP contribution is 1.97. The van der Waals surface area contributed by atoms with Gasteiger partial charge >= 0.3 is 5.97 Å². The third-order valence-corrected chi connectivity index (χ3v) is 2.00. The van der Waals surface area contributed by atoms with Crippen LogP contribution in [0.1, 0.15) is 23.7 Å². The quantitative estimate of drug-likeness (QED) is 0.761. The standard InChI is InChI=1S/C11H13NO3/c1-2-3-4-7-12-8-9(11(14)15)5-6-10(12)13/h2-3,5-6,8H,4,7H2,1H3,(H,14,15)/b3-2+. The van der Waals surface area contributed by atoms with Crippen LogP contribution in [0, 0.1) is 0 Å². The molecule has 0 spiro atoms. The van der Waals surface area contributed by atoms with Gasteiger partial charge in [-0.2, -0.15) is 0 Å². The third-order valence-electron chi connectivity index (χ3n) is 2.00. The van der Waals surface area contributed by atoms with E-state index in [1.54, 1.807) is 0 Å². The fourth-order valence-corrected chi connectivity index (χ4v) is 1.21. The van der Waals surface area contributed by atoms with E-state index in [0.29, 0.717) is 6.54 Å². The number of carbonyl (C=O) groups is 1. The van der Waals surface area contributed by atoms with Gasteiger partial charge in [-0.1, -0.05) is 12.2 Å². The van der Waals surface area contributed by atoms with E-state index in [0.717, 1.165) is 6.42 Å². The Morgan fingerprint density at radius 3 is 2.87 bits per heavy atom. The molecule has 1 aromatic rings. The summed E-state index contributed by atoms with van der Waals surface area (Å²) in [5, 5.41) is 8.74. The van der Waals surface area contributed by atoms with Gasteiger partial charge in [-0.25, -0.2) is 4.79 Å². The van der Waals surface area contributed by atoms with Gasteiger partial charge in [-0.05, 0) is 19.4 Å². The van der Waals surface area contributed by atoms with Crippen LogP contribution in [-0.4, -0.2) is 15.6 Å². The Hall–Kier alpha value is -1.84. The van der Waals surface area contributed by atoms with Crippen molar-refractivity contribution >= 4 is 5.97 Å². The van der Waals surface area contributed by atoms with Gasteiger partial charge in [0.15, 0.2) is 0 Å². The topological polar surface area (TPSA) is 59.3 Å². The normalized spacial score (nSPS) is 10.7. The van der Waals surface area contributed by atoms with Crippen molar-refractivity contribution in [1.29, 1.82) is 0 Å². The van der Waals surface area contributed by atoms with Gasteiger partial charge in [0.05, 0.1) is 5.56 Å². The van der Waals surface area contributed by atoms with E-state index < -0.39 is 5.97 Å². The van der Waals surface area contributed by atoms with E-state index in [1.807, 2.05) is 19.1 Å². The number of rotatable bonds is 4. The molecule has 1 rings (SSSR count). The molecule has 4 nitrogen and oxygen atoms in total. The average molecular weight is 207 g/mol. The van der Waals surface area contributed by atoms with Crippen molar-refractivity contribution in [2.45, 2.75) is 19.9 Å². The van der Waals surface area contributed by atoms with E-state index in [-0.39, 0.29) is 11.1 Å². The second-order valence-electron chi connectivity index (χ2n) is 3.11. The fraction of sp³-hybridized carbons (Fsp3) is 0.273. The highest BCUT2D eigenvalue weighted by atomic mass is 16.4. The Balaban J connectivity index is 2.90. The molecule has 0 fully saturated rings. The second-order valence-corrected chi connectivity index (χ2v) is 3.11. The van der Waals surface area contributed by atoms with E-state index in [4.69, 9.17) is 5.11 Å². The van der Waals surface area contributed by atoms with Crippen molar-refractivity contribution in [1.82, 2.24) is 4.57 Å². The maximum absolute atomic E-state index is 11.3. The van der Waals surface area contributed by atoms with Crippen molar-refractivity contribution < 1.29 is 9.90 Å². The molecular weight excluding hydrogens is 194 g/mol. The minimum absolute atomic E-state index is 0.134. The van der Waals surface area contributed by atoms with E-state index in [9.17, 15) is 9.59 Å². The lowest BCUT2D eigenvalue weighted by atomic mass is 10.3. The molecule has 15 heavy (non-hydrogen) atoms. The number of hydrogen-bond acceptors (Lipinski definition) is 2. The highest BCUT2D eigenvalue weighted by Gasteiger charge is 2.04. The number of hydrogen-bond donors (Lipinski definition) is 1. The van der Waals surface area contributed by atoms with Gasteiger partial charge in [-0.3, -0.25) is 4.79 Å². The Labute approximate surface area is 87.5 Å². The predicted molar refractivity (Wildman–Crippen MR) is 57.1 cm³/mol. The molecule has 1 aromatic heterocycles. The summed E-state index contributed by atoms with van der Waals surface area (Å²) < 4.78 is 1.41. The molecule has 0 saturated carbocycles. The van der Waals surface area contributed by atoms with Crippen LogP contribution < -0.4 is 5.56 Å². The lowest BCUT2D eigenvalue weighted by molar-refractivity contribution is 0.0696. The molecule has 0 aliphatic rings. The van der Waals surface area contributed by atoms with Gasteiger partial charge < -0.3 is 9.67 Å². The smallest absolute Gasteiger partial charge is 0.337 e. The Morgan fingerprint density at radius 2 is 2.27 bits per heavy atom. The zero-order valence-electron chi connectivity index (χ0n) is 8.51. The summed E-state index contributed by atoms with van der Waals surface area (Å²) in [5.41, 5.74) is -0.0421. The molecule has 0 aliphatic carbocycles. The molecule has 0 atom stereocenters. The first-order valence-corrected chi connectivity index (χ1v) is 4.70. The van der Waals surface area contributed by atoms with E-state index >= 15 is 0 Å². The molecular formula is C11H13NO3. The summed E-state index contributed by atoms with van der Waals surface area (Å²) in [6.45, 7) is 2.40. The van der Waals surface area contributed by atoms with Crippen molar-refractivity contribution in [2.24, 2.45) is 0 Å². The van der Waals surface area contributed by atoms with Crippen molar-refractivity contribution in [3.05, 3.63) is 46.4 Å². The molecule has 4 heteroatoms. The average Bonchev–Trinajstić information content (AvgIpc) is 2.20. The first-order chi connectivity index (χ1) is 7.15. The summed E-state index contributed by atoms with van der Waals surface area (Å²) in [7, 11) is 0. The molecule has 0 aliphatic heterocycles. The van der Waals surface area contributed by atoms with E-state index in [2.05, 4.69) is 0 Å². The zero-order chi connectivity index (χ0) is 11.3. The van der Waals surface area contributed by atoms with Crippen LogP contribution in [0.5, 0.6) is 0 Å². The number of carboxylic acids is 1. The first kappa shape index (κ1) is 11.2. The largest absolute Gasteiger partial charge is 0.478 e. The van der Waals surface area contributed by atoms with Crippen LogP contribution in [0.3, 0.4) is 0 Å². The van der Waals surface area contributed by atoms with Gasteiger partial charge in [-0.15, -0.1) is 0 Å². The number of carboxylic acid groups (broad SMARTS) is 1. The summed E-state index contributed by atoms with van der Waals surface area (Å²) in [6.07, 6.45) is 5.92. The van der Waals surface area contributed by atoms with Crippen molar-refractivity contribution in [2.75, 3.05) is 0 Å². The zero-order valence-corrected chi connectivity index (χ0v) is 8.51. The molecule has 0 aromatic carbocycles. The van der Waals surface area contributed by atoms with Crippen LogP contribution in [0.2, 0.25) is 0 Å². The minimum Gasteiger partial charge on any atom is -0.478 e. The Kier molecular flexibility index (Phi) is 3.85. The summed E-state index contributed by atoms with van der Waals surface area (Å²) in [5.74, 6) is -1.02. The number of pyridine rings is 1. The molecule has 0 radical (unpaired) electrons. The molecule has 1 heterocycles. The van der Waals surface area contributed by atoms with Crippen molar-refractivity contribution in [3.63, 3.8) is 0 Å². The Morgan fingerprint density at radius 1 is 1.53 bits per heavy atom. The first-order valence-electron chi connectivity index (χ1n) is 4.70. The minimum atomic E-state index is -1.02. The number of aromatic carboxylic acids is 1. The fourth-order valence-electron chi connectivity index (χ4n) is 1.21. The van der Waals surface area contributed by atoms with Gasteiger partial charge in [0.2, 0.25) is 0 Å². The summed E-state index contributed by atoms with van der Waals surface area (Å²) >= 11 is 0. The molecule has 0 saturated heterocycles. The maximum Gasteiger partial charge on any atom is 0.337 e. The second kappa shape index (κ2) is 5.14. The lowest BCUT2D eigenvalue weighted by Crippen LogP contribution is -2.19. The Bertz CT molecular complexity index is 432. The lowest BCUT2D eigenvalue weighted by Gasteiger charge is -2.03. The molecule has 0 bridgehead atoms. The molecule has 80 valence electrons. The maximum atomic E-state index is 11.3. The molecule has 0 unspecified atom stereocenters. The van der Waals surface area contributed by atoms with Crippen LogP contribution >= 0.6 is 0 Å². The molecule has 1 N–H and O–H groups in total. The SMILES string of the molecule is C/C=C/CCn1cc(C(=O)O)ccc1=O. The third kappa shape index (κ3) is 3.09. The van der Waals surface area contributed by atoms with Crippen LogP contribution in [0.4, 0.5) is 0 Å². The number of aryl methyl sites for hydroxylation is 1. The van der Waals surface area contributed by atoms with Crippen LogP contribution in [0.15, 0.2) is 35.3 Å². The number of allylic oxidation sites excluding steroid dienone is 2. The van der Waals surface area contributed by atoms with E-state index in [1.165, 1.54) is 22.9 Å². The van der Waals surface area contributed by atoms with Gasteiger partial charge in [0.1, 0.15) is 0 Å². The van der Waals surface area contributed by atoms with Gasteiger partial charge in [0.25, 0.3) is 5.56 Å². The van der Waals surface area contributed by atoms with Gasteiger partial charge in [0, 0.05) is 18.8 Å². The van der Waals surface area contributed by atoms with Crippen LogP contribution in [0.25, 0.3) is 0 Å². The van der Waals surface area contributed by atoms with Crippen molar-refractivity contribution in [3.8, 4) is 0 Å². The highest BCUT2D eigenvalue weighted by molar-refractivity contribution is 5.87.